The standard InChI is InChI=1S/C17H27NO/c1-5-18-16(15-10-7-11-17(15,2)3)13-8-6-9-14(12-13)19-4/h6,8-9,12,15-16,18H,5,7,10-11H2,1-4H3. The van der Waals surface area contributed by atoms with Gasteiger partial charge in [0.15, 0.2) is 0 Å². The molecule has 2 heteroatoms. The topological polar surface area (TPSA) is 21.3 Å². The van der Waals surface area contributed by atoms with Crippen LogP contribution in [-0.4, -0.2) is 13.7 Å². The van der Waals surface area contributed by atoms with Gasteiger partial charge in [0, 0.05) is 6.04 Å². The first-order valence-corrected chi connectivity index (χ1v) is 7.46. The van der Waals surface area contributed by atoms with Crippen LogP contribution < -0.4 is 10.1 Å². The van der Waals surface area contributed by atoms with Crippen LogP contribution in [0.2, 0.25) is 0 Å². The van der Waals surface area contributed by atoms with E-state index in [1.54, 1.807) is 7.11 Å². The van der Waals surface area contributed by atoms with Gasteiger partial charge in [-0.3, -0.25) is 0 Å². The number of hydrogen-bond acceptors (Lipinski definition) is 2. The van der Waals surface area contributed by atoms with Crippen LogP contribution in [0.4, 0.5) is 0 Å². The molecule has 2 atom stereocenters. The monoisotopic (exact) mass is 261 g/mol. The van der Waals surface area contributed by atoms with Crippen molar-refractivity contribution < 1.29 is 4.74 Å². The molecule has 1 fully saturated rings. The van der Waals surface area contributed by atoms with Gasteiger partial charge in [-0.05, 0) is 48.4 Å². The molecule has 1 N–H and O–H groups in total. The maximum atomic E-state index is 5.37. The van der Waals surface area contributed by atoms with Crippen LogP contribution in [-0.2, 0) is 0 Å². The quantitative estimate of drug-likeness (QED) is 0.859. The summed E-state index contributed by atoms with van der Waals surface area (Å²) in [7, 11) is 1.74. The highest BCUT2D eigenvalue weighted by Crippen LogP contribution is 2.48. The van der Waals surface area contributed by atoms with E-state index in [1.165, 1.54) is 24.8 Å². The first-order valence-electron chi connectivity index (χ1n) is 7.46. The summed E-state index contributed by atoms with van der Waals surface area (Å²) in [6, 6.07) is 8.97. The molecule has 0 spiro atoms. The van der Waals surface area contributed by atoms with Crippen molar-refractivity contribution in [3.8, 4) is 5.75 Å². The minimum absolute atomic E-state index is 0.427. The lowest BCUT2D eigenvalue weighted by atomic mass is 9.75. The van der Waals surface area contributed by atoms with Crippen LogP contribution in [0.5, 0.6) is 5.75 Å². The summed E-state index contributed by atoms with van der Waals surface area (Å²) in [5.41, 5.74) is 1.79. The normalized spacial score (nSPS) is 23.3. The Morgan fingerprint density at radius 2 is 2.21 bits per heavy atom. The van der Waals surface area contributed by atoms with E-state index in [4.69, 9.17) is 4.74 Å². The molecule has 106 valence electrons. The van der Waals surface area contributed by atoms with Crippen LogP contribution in [0, 0.1) is 11.3 Å². The second-order valence-electron chi connectivity index (χ2n) is 6.30. The second kappa shape index (κ2) is 5.96. The Bertz CT molecular complexity index is 413. The highest BCUT2D eigenvalue weighted by atomic mass is 16.5. The zero-order valence-electron chi connectivity index (χ0n) is 12.7. The van der Waals surface area contributed by atoms with Crippen molar-refractivity contribution in [3.05, 3.63) is 29.8 Å². The molecule has 0 amide bonds. The first kappa shape index (κ1) is 14.4. The van der Waals surface area contributed by atoms with E-state index in [0.717, 1.165) is 12.3 Å². The van der Waals surface area contributed by atoms with E-state index in [2.05, 4.69) is 44.3 Å². The van der Waals surface area contributed by atoms with Gasteiger partial charge in [0.25, 0.3) is 0 Å². The summed E-state index contributed by atoms with van der Waals surface area (Å²) in [5.74, 6) is 1.66. The molecule has 1 saturated carbocycles. The number of ether oxygens (including phenoxy) is 1. The Hall–Kier alpha value is -1.02. The summed E-state index contributed by atoms with van der Waals surface area (Å²) in [6.07, 6.45) is 4.01. The third-order valence-electron chi connectivity index (χ3n) is 4.62. The van der Waals surface area contributed by atoms with E-state index in [9.17, 15) is 0 Å². The summed E-state index contributed by atoms with van der Waals surface area (Å²) in [4.78, 5) is 0. The summed E-state index contributed by atoms with van der Waals surface area (Å²) in [6.45, 7) is 8.02. The first-order chi connectivity index (χ1) is 9.08. The summed E-state index contributed by atoms with van der Waals surface area (Å²) >= 11 is 0. The van der Waals surface area contributed by atoms with Crippen LogP contribution >= 0.6 is 0 Å². The highest BCUT2D eigenvalue weighted by Gasteiger charge is 2.39. The van der Waals surface area contributed by atoms with Gasteiger partial charge in [-0.1, -0.05) is 39.3 Å². The molecule has 1 aromatic rings. The molecule has 0 bridgehead atoms. The third kappa shape index (κ3) is 3.11. The van der Waals surface area contributed by atoms with Gasteiger partial charge in [0.05, 0.1) is 7.11 Å². The number of nitrogens with one attached hydrogen (secondary N) is 1. The minimum atomic E-state index is 0.427. The Kier molecular flexibility index (Phi) is 4.51. The van der Waals surface area contributed by atoms with Crippen molar-refractivity contribution in [1.29, 1.82) is 0 Å². The number of rotatable bonds is 5. The van der Waals surface area contributed by atoms with Gasteiger partial charge in [0.2, 0.25) is 0 Å². The molecule has 0 aromatic heterocycles. The number of hydrogen-bond donors (Lipinski definition) is 1. The fourth-order valence-electron chi connectivity index (χ4n) is 3.52. The van der Waals surface area contributed by atoms with E-state index in [-0.39, 0.29) is 0 Å². The van der Waals surface area contributed by atoms with E-state index in [1.807, 2.05) is 6.07 Å². The second-order valence-corrected chi connectivity index (χ2v) is 6.30. The van der Waals surface area contributed by atoms with Crippen LogP contribution in [0.1, 0.15) is 51.6 Å². The Morgan fingerprint density at radius 1 is 1.42 bits per heavy atom. The molecule has 2 rings (SSSR count). The van der Waals surface area contributed by atoms with Gasteiger partial charge in [-0.25, -0.2) is 0 Å². The van der Waals surface area contributed by atoms with Crippen LogP contribution in [0.15, 0.2) is 24.3 Å². The van der Waals surface area contributed by atoms with Gasteiger partial charge >= 0.3 is 0 Å². The SMILES string of the molecule is CCNC(c1cccc(OC)c1)C1CCCC1(C)C. The largest absolute Gasteiger partial charge is 0.497 e. The van der Waals surface area contributed by atoms with Gasteiger partial charge < -0.3 is 10.1 Å². The molecular formula is C17H27NO. The fraction of sp³-hybridized carbons (Fsp3) is 0.647. The van der Waals surface area contributed by atoms with E-state index >= 15 is 0 Å². The van der Waals surface area contributed by atoms with Crippen molar-refractivity contribution in [3.63, 3.8) is 0 Å². The van der Waals surface area contributed by atoms with Crippen molar-refractivity contribution in [2.24, 2.45) is 11.3 Å². The molecule has 0 radical (unpaired) electrons. The molecule has 1 aliphatic carbocycles. The average molecular weight is 261 g/mol. The predicted molar refractivity (Wildman–Crippen MR) is 80.5 cm³/mol. The van der Waals surface area contributed by atoms with Gasteiger partial charge in [-0.2, -0.15) is 0 Å². The van der Waals surface area contributed by atoms with Crippen molar-refractivity contribution in [2.45, 2.75) is 46.1 Å². The zero-order chi connectivity index (χ0) is 13.9. The molecule has 0 aliphatic heterocycles. The summed E-state index contributed by atoms with van der Waals surface area (Å²) < 4.78 is 5.37. The molecule has 2 unspecified atom stereocenters. The lowest BCUT2D eigenvalue weighted by Gasteiger charge is -2.35. The Morgan fingerprint density at radius 3 is 2.79 bits per heavy atom. The third-order valence-corrected chi connectivity index (χ3v) is 4.62. The molecule has 0 saturated heterocycles. The van der Waals surface area contributed by atoms with Crippen molar-refractivity contribution >= 4 is 0 Å². The highest BCUT2D eigenvalue weighted by molar-refractivity contribution is 5.31. The Balaban J connectivity index is 2.28. The molecular weight excluding hydrogens is 234 g/mol. The number of benzene rings is 1. The van der Waals surface area contributed by atoms with Gasteiger partial charge in [-0.15, -0.1) is 0 Å². The average Bonchev–Trinajstić information content (AvgIpc) is 2.75. The maximum Gasteiger partial charge on any atom is 0.119 e. The van der Waals surface area contributed by atoms with Gasteiger partial charge in [0.1, 0.15) is 5.75 Å². The van der Waals surface area contributed by atoms with Crippen molar-refractivity contribution in [2.75, 3.05) is 13.7 Å². The molecule has 0 heterocycles. The lowest BCUT2D eigenvalue weighted by molar-refractivity contribution is 0.199. The fourth-order valence-corrected chi connectivity index (χ4v) is 3.52. The van der Waals surface area contributed by atoms with E-state index in [0.29, 0.717) is 17.4 Å². The minimum Gasteiger partial charge on any atom is -0.497 e. The van der Waals surface area contributed by atoms with Crippen LogP contribution in [0.25, 0.3) is 0 Å². The summed E-state index contributed by atoms with van der Waals surface area (Å²) in [5, 5.41) is 3.69. The van der Waals surface area contributed by atoms with Crippen molar-refractivity contribution in [1.82, 2.24) is 5.32 Å². The lowest BCUT2D eigenvalue weighted by Crippen LogP contribution is -2.33. The zero-order valence-corrected chi connectivity index (χ0v) is 12.7. The maximum absolute atomic E-state index is 5.37. The molecule has 2 nitrogen and oxygen atoms in total. The molecule has 19 heavy (non-hydrogen) atoms. The molecule has 1 aliphatic rings. The van der Waals surface area contributed by atoms with E-state index < -0.39 is 0 Å². The predicted octanol–water partition coefficient (Wildman–Crippen LogP) is 4.17. The number of methoxy groups -OCH3 is 1. The molecule has 1 aromatic carbocycles. The Labute approximate surface area is 117 Å². The smallest absolute Gasteiger partial charge is 0.119 e. The van der Waals surface area contributed by atoms with Crippen LogP contribution in [0.3, 0.4) is 0 Å².